The van der Waals surface area contributed by atoms with Crippen LogP contribution in [0.1, 0.15) is 15.2 Å². The molecule has 2 heterocycles. The van der Waals surface area contributed by atoms with Gasteiger partial charge in [0.1, 0.15) is 11.4 Å². The number of carbonyl (C=O) groups excluding carboxylic acids is 1. The maximum Gasteiger partial charge on any atom is 0.416 e. The van der Waals surface area contributed by atoms with E-state index in [4.69, 9.17) is 4.74 Å². The van der Waals surface area contributed by atoms with Gasteiger partial charge >= 0.3 is 11.2 Å². The first-order chi connectivity index (χ1) is 16.1. The summed E-state index contributed by atoms with van der Waals surface area (Å²) in [4.78, 5) is 27.3. The van der Waals surface area contributed by atoms with Gasteiger partial charge < -0.3 is 4.74 Å². The topological polar surface area (TPSA) is 94.4 Å². The zero-order valence-electron chi connectivity index (χ0n) is 16.6. The fraction of sp³-hybridized carbons (Fsp3) is 0.0476. The van der Waals surface area contributed by atoms with Crippen molar-refractivity contribution in [2.75, 3.05) is 5.32 Å². The van der Waals surface area contributed by atoms with E-state index in [9.17, 15) is 28.1 Å². The number of amides is 1. The number of halogens is 4. The molecular formula is C21H11BrF3N3O4S2. The van der Waals surface area contributed by atoms with Crippen LogP contribution >= 0.6 is 38.6 Å². The van der Waals surface area contributed by atoms with Gasteiger partial charge in [-0.1, -0.05) is 50.7 Å². The number of nitrogens with one attached hydrogen (secondary N) is 1. The highest BCUT2D eigenvalue weighted by Crippen LogP contribution is 2.41. The fourth-order valence-corrected chi connectivity index (χ4v) is 4.58. The van der Waals surface area contributed by atoms with E-state index in [0.717, 1.165) is 39.3 Å². The Balaban J connectivity index is 1.63. The van der Waals surface area contributed by atoms with Crippen LogP contribution in [-0.2, 0) is 6.18 Å². The number of nitrogens with zero attached hydrogens (tertiary/aromatic N) is 2. The van der Waals surface area contributed by atoms with Crippen molar-refractivity contribution in [2.45, 2.75) is 6.18 Å². The summed E-state index contributed by atoms with van der Waals surface area (Å²) in [5, 5.41) is 13.7. The number of carbonyl (C=O) groups is 1. The number of rotatable bonds is 6. The molecule has 1 N–H and O–H groups in total. The second kappa shape index (κ2) is 9.52. The first-order valence-electron chi connectivity index (χ1n) is 9.27. The van der Waals surface area contributed by atoms with Gasteiger partial charge in [0.25, 0.3) is 5.91 Å². The van der Waals surface area contributed by atoms with E-state index in [2.05, 4.69) is 26.2 Å². The number of alkyl halides is 3. The second-order valence-electron chi connectivity index (χ2n) is 6.64. The average Bonchev–Trinajstić information content (AvgIpc) is 3.42. The maximum atomic E-state index is 12.8. The van der Waals surface area contributed by atoms with Crippen molar-refractivity contribution < 1.29 is 27.6 Å². The normalized spacial score (nSPS) is 11.3. The summed E-state index contributed by atoms with van der Waals surface area (Å²) in [6.07, 6.45) is -4.47. The molecule has 0 bridgehead atoms. The Morgan fingerprint density at radius 2 is 1.71 bits per heavy atom. The fourth-order valence-electron chi connectivity index (χ4n) is 2.74. The van der Waals surface area contributed by atoms with Gasteiger partial charge in [0.15, 0.2) is 5.13 Å². The smallest absolute Gasteiger partial charge is 0.416 e. The van der Waals surface area contributed by atoms with Crippen molar-refractivity contribution in [3.05, 3.63) is 85.7 Å². The molecule has 0 radical (unpaired) electrons. The average molecular weight is 570 g/mol. The highest BCUT2D eigenvalue weighted by Gasteiger charge is 2.30. The number of aromatic nitrogens is 1. The van der Waals surface area contributed by atoms with Gasteiger partial charge in [0.05, 0.1) is 15.4 Å². The zero-order valence-corrected chi connectivity index (χ0v) is 19.8. The number of hydrogen-bond acceptors (Lipinski definition) is 7. The Bertz CT molecular complexity index is 1350. The maximum absolute atomic E-state index is 12.8. The van der Waals surface area contributed by atoms with Crippen molar-refractivity contribution in [3.63, 3.8) is 0 Å². The molecule has 4 aromatic rings. The number of ether oxygens (including phenoxy) is 1. The second-order valence-corrected chi connectivity index (χ2v) is 9.57. The van der Waals surface area contributed by atoms with Crippen LogP contribution in [0.4, 0.5) is 23.3 Å². The van der Waals surface area contributed by atoms with Crippen LogP contribution in [0.15, 0.2) is 65.1 Å². The molecule has 174 valence electrons. The minimum absolute atomic E-state index is 0.122. The van der Waals surface area contributed by atoms with Gasteiger partial charge in [0, 0.05) is 16.1 Å². The van der Waals surface area contributed by atoms with Crippen LogP contribution < -0.4 is 10.1 Å². The van der Waals surface area contributed by atoms with Gasteiger partial charge in [-0.25, -0.2) is 4.98 Å². The summed E-state index contributed by atoms with van der Waals surface area (Å²) in [5.41, 5.74) is 0.203. The highest BCUT2D eigenvalue weighted by atomic mass is 79.9. The Kier molecular flexibility index (Phi) is 6.68. The molecule has 34 heavy (non-hydrogen) atoms. The van der Waals surface area contributed by atoms with E-state index in [1.54, 1.807) is 24.3 Å². The number of nitro groups is 1. The lowest BCUT2D eigenvalue weighted by molar-refractivity contribution is -0.380. The molecule has 0 atom stereocenters. The molecule has 2 aromatic heterocycles. The number of hydrogen-bond donors (Lipinski definition) is 1. The van der Waals surface area contributed by atoms with Crippen molar-refractivity contribution in [1.29, 1.82) is 0 Å². The van der Waals surface area contributed by atoms with Gasteiger partial charge in [-0.2, -0.15) is 13.2 Å². The molecule has 0 aliphatic rings. The van der Waals surface area contributed by atoms with Crippen molar-refractivity contribution in [3.8, 4) is 22.1 Å². The minimum atomic E-state index is -4.47. The molecule has 13 heteroatoms. The van der Waals surface area contributed by atoms with Gasteiger partial charge in [-0.3, -0.25) is 20.2 Å². The lowest BCUT2D eigenvalue weighted by Gasteiger charge is -2.08. The molecule has 7 nitrogen and oxygen atoms in total. The monoisotopic (exact) mass is 569 g/mol. The number of anilines is 1. The molecule has 0 aliphatic heterocycles. The Labute approximate surface area is 206 Å². The summed E-state index contributed by atoms with van der Waals surface area (Å²) in [6.45, 7) is 0. The summed E-state index contributed by atoms with van der Waals surface area (Å²) in [5.74, 6) is -0.433. The third-order valence-corrected chi connectivity index (χ3v) is 6.74. The van der Waals surface area contributed by atoms with Gasteiger partial charge in [-0.05, 0) is 42.5 Å². The van der Waals surface area contributed by atoms with Crippen LogP contribution in [0.5, 0.6) is 10.8 Å². The third-order valence-electron chi connectivity index (χ3n) is 4.32. The van der Waals surface area contributed by atoms with Crippen LogP contribution in [0.2, 0.25) is 0 Å². The first-order valence-corrected chi connectivity index (χ1v) is 11.7. The quantitative estimate of drug-likeness (QED) is 0.190. The van der Waals surface area contributed by atoms with Crippen molar-refractivity contribution in [1.82, 2.24) is 4.98 Å². The summed E-state index contributed by atoms with van der Waals surface area (Å²) < 4.78 is 45.2. The molecule has 0 saturated carbocycles. The zero-order chi connectivity index (χ0) is 24.5. The Morgan fingerprint density at radius 3 is 2.29 bits per heavy atom. The van der Waals surface area contributed by atoms with E-state index in [1.807, 2.05) is 0 Å². The summed E-state index contributed by atoms with van der Waals surface area (Å²) >= 11 is 5.04. The van der Waals surface area contributed by atoms with Crippen molar-refractivity contribution >= 4 is 54.6 Å². The van der Waals surface area contributed by atoms with Gasteiger partial charge in [0.2, 0.25) is 5.06 Å². The predicted molar refractivity (Wildman–Crippen MR) is 126 cm³/mol. The summed E-state index contributed by atoms with van der Waals surface area (Å²) in [7, 11) is 0. The number of thiophene rings is 1. The molecule has 0 fully saturated rings. The Hall–Kier alpha value is -3.29. The van der Waals surface area contributed by atoms with E-state index >= 15 is 0 Å². The molecule has 0 saturated heterocycles. The summed E-state index contributed by atoms with van der Waals surface area (Å²) in [6, 6.07) is 13.8. The van der Waals surface area contributed by atoms with E-state index in [0.29, 0.717) is 11.3 Å². The molecule has 0 spiro atoms. The standard InChI is InChI=1S/C21H11BrF3N3O4S2/c22-13-5-1-11(2-6-13)17-19(32-14-7-3-12(4-8-14)21(23,24)25)34-20(26-17)27-18(29)15-9-10-16(33-15)28(30)31/h1-10H,(H,26,27,29). The van der Waals surface area contributed by atoms with E-state index in [-0.39, 0.29) is 25.8 Å². The van der Waals surface area contributed by atoms with E-state index < -0.39 is 22.6 Å². The molecule has 1 amide bonds. The van der Waals surface area contributed by atoms with Crippen molar-refractivity contribution in [2.24, 2.45) is 0 Å². The van der Waals surface area contributed by atoms with Crippen LogP contribution in [-0.4, -0.2) is 15.8 Å². The van der Waals surface area contributed by atoms with Crippen LogP contribution in [0.3, 0.4) is 0 Å². The molecule has 0 aliphatic carbocycles. The van der Waals surface area contributed by atoms with Crippen LogP contribution in [0, 0.1) is 10.1 Å². The van der Waals surface area contributed by atoms with E-state index in [1.165, 1.54) is 24.3 Å². The lowest BCUT2D eigenvalue weighted by atomic mass is 10.2. The first kappa shape index (κ1) is 23.9. The highest BCUT2D eigenvalue weighted by molar-refractivity contribution is 9.10. The molecule has 0 unspecified atom stereocenters. The predicted octanol–water partition coefficient (Wildman–Crippen LogP) is 7.61. The minimum Gasteiger partial charge on any atom is -0.444 e. The Morgan fingerprint density at radius 1 is 1.03 bits per heavy atom. The molecule has 2 aromatic carbocycles. The van der Waals surface area contributed by atoms with Gasteiger partial charge in [-0.15, -0.1) is 0 Å². The largest absolute Gasteiger partial charge is 0.444 e. The third kappa shape index (κ3) is 5.43. The SMILES string of the molecule is O=C(Nc1nc(-c2ccc(Br)cc2)c(Oc2ccc(C(F)(F)F)cc2)s1)c1ccc([N+](=O)[O-])s1. The number of thiazole rings is 1. The van der Waals surface area contributed by atoms with Crippen LogP contribution in [0.25, 0.3) is 11.3 Å². The molecule has 4 rings (SSSR count). The molecular weight excluding hydrogens is 559 g/mol. The number of benzene rings is 2. The lowest BCUT2D eigenvalue weighted by Crippen LogP contribution is -2.09.